The van der Waals surface area contributed by atoms with Gasteiger partial charge in [0.25, 0.3) is 0 Å². The molecule has 3 unspecified atom stereocenters. The van der Waals surface area contributed by atoms with E-state index in [1.165, 1.54) is 25.7 Å². The van der Waals surface area contributed by atoms with Gasteiger partial charge < -0.3 is 10.6 Å². The number of amides is 1. The number of hydrogen-bond donors (Lipinski definition) is 1. The Hall–Kier alpha value is -0.570. The van der Waals surface area contributed by atoms with Crippen LogP contribution in [0.25, 0.3) is 0 Å². The van der Waals surface area contributed by atoms with Crippen LogP contribution >= 0.6 is 0 Å². The summed E-state index contributed by atoms with van der Waals surface area (Å²) in [5.41, 5.74) is 6.22. The van der Waals surface area contributed by atoms with E-state index in [2.05, 4.69) is 18.7 Å². The lowest BCUT2D eigenvalue weighted by molar-refractivity contribution is -0.138. The van der Waals surface area contributed by atoms with Crippen LogP contribution in [0.2, 0.25) is 0 Å². The van der Waals surface area contributed by atoms with Crippen molar-refractivity contribution in [3.8, 4) is 0 Å². The van der Waals surface area contributed by atoms with Crippen LogP contribution in [0.5, 0.6) is 0 Å². The minimum atomic E-state index is 0.0897. The van der Waals surface area contributed by atoms with E-state index >= 15 is 0 Å². The van der Waals surface area contributed by atoms with Gasteiger partial charge in [0.05, 0.1) is 5.92 Å². The van der Waals surface area contributed by atoms with Crippen molar-refractivity contribution >= 4 is 5.91 Å². The molecule has 2 aliphatic rings. The first-order chi connectivity index (χ1) is 8.61. The number of hydrogen-bond acceptors (Lipinski definition) is 2. The summed E-state index contributed by atoms with van der Waals surface area (Å²) < 4.78 is 0. The second-order valence-corrected chi connectivity index (χ2v) is 6.39. The average molecular weight is 252 g/mol. The van der Waals surface area contributed by atoms with E-state index < -0.39 is 0 Å². The topological polar surface area (TPSA) is 46.3 Å². The largest absolute Gasteiger partial charge is 0.339 e. The van der Waals surface area contributed by atoms with Crippen molar-refractivity contribution in [1.29, 1.82) is 0 Å². The fourth-order valence-corrected chi connectivity index (χ4v) is 3.62. The molecule has 1 heterocycles. The Kier molecular flexibility index (Phi) is 4.66. The lowest BCUT2D eigenvalue weighted by Gasteiger charge is -2.32. The molecule has 0 aromatic carbocycles. The highest BCUT2D eigenvalue weighted by atomic mass is 16.2. The molecule has 3 heteroatoms. The van der Waals surface area contributed by atoms with Gasteiger partial charge in [-0.25, -0.2) is 0 Å². The number of rotatable bonds is 2. The highest BCUT2D eigenvalue weighted by Crippen LogP contribution is 2.30. The van der Waals surface area contributed by atoms with Gasteiger partial charge in [0.1, 0.15) is 0 Å². The summed E-state index contributed by atoms with van der Waals surface area (Å²) in [7, 11) is 0. The van der Waals surface area contributed by atoms with Gasteiger partial charge in [0.15, 0.2) is 0 Å². The van der Waals surface area contributed by atoms with Crippen LogP contribution in [0.1, 0.15) is 58.8 Å². The molecule has 104 valence electrons. The molecule has 0 bridgehead atoms. The molecule has 18 heavy (non-hydrogen) atoms. The van der Waals surface area contributed by atoms with Gasteiger partial charge in [-0.1, -0.05) is 33.1 Å². The van der Waals surface area contributed by atoms with E-state index in [-0.39, 0.29) is 12.0 Å². The minimum absolute atomic E-state index is 0.0897. The van der Waals surface area contributed by atoms with Gasteiger partial charge in [-0.2, -0.15) is 0 Å². The van der Waals surface area contributed by atoms with Crippen molar-refractivity contribution in [2.45, 2.75) is 70.9 Å². The number of likely N-dealkylation sites (tertiary alicyclic amines) is 1. The molecule has 0 radical (unpaired) electrons. The summed E-state index contributed by atoms with van der Waals surface area (Å²) >= 11 is 0. The van der Waals surface area contributed by atoms with E-state index in [0.29, 0.717) is 17.9 Å². The third-order valence-electron chi connectivity index (χ3n) is 4.74. The van der Waals surface area contributed by atoms with Crippen LogP contribution in [0, 0.1) is 11.8 Å². The first kappa shape index (κ1) is 13.9. The standard InChI is InChI=1S/C15H28N2O/c1-11(2)14-9-6-10-17(14)15(18)12-7-4-3-5-8-13(12)16/h11-14H,3-10,16H2,1-2H3. The van der Waals surface area contributed by atoms with Crippen molar-refractivity contribution in [3.05, 3.63) is 0 Å². The normalized spacial score (nSPS) is 33.8. The van der Waals surface area contributed by atoms with Crippen LogP contribution < -0.4 is 5.73 Å². The van der Waals surface area contributed by atoms with E-state index in [4.69, 9.17) is 5.73 Å². The van der Waals surface area contributed by atoms with Crippen LogP contribution in [-0.2, 0) is 4.79 Å². The number of nitrogens with two attached hydrogens (primary N) is 1. The predicted octanol–water partition coefficient (Wildman–Crippen LogP) is 2.54. The lowest BCUT2D eigenvalue weighted by Crippen LogP contribution is -2.47. The molecule has 3 atom stereocenters. The maximum atomic E-state index is 12.7. The number of carbonyl (C=O) groups excluding carboxylic acids is 1. The first-order valence-corrected chi connectivity index (χ1v) is 7.67. The summed E-state index contributed by atoms with van der Waals surface area (Å²) in [5, 5.41) is 0. The molecule has 2 fully saturated rings. The van der Waals surface area contributed by atoms with Gasteiger partial charge >= 0.3 is 0 Å². The van der Waals surface area contributed by atoms with Crippen molar-refractivity contribution in [3.63, 3.8) is 0 Å². The average Bonchev–Trinajstić information content (AvgIpc) is 2.72. The molecule has 2 N–H and O–H groups in total. The SMILES string of the molecule is CC(C)C1CCCN1C(=O)C1CCCCCC1N. The van der Waals surface area contributed by atoms with Gasteiger partial charge in [0.2, 0.25) is 5.91 Å². The monoisotopic (exact) mass is 252 g/mol. The summed E-state index contributed by atoms with van der Waals surface area (Å²) in [5.74, 6) is 1.01. The fraction of sp³-hybridized carbons (Fsp3) is 0.933. The van der Waals surface area contributed by atoms with Crippen molar-refractivity contribution in [1.82, 2.24) is 4.90 Å². The van der Waals surface area contributed by atoms with E-state index in [9.17, 15) is 4.79 Å². The highest BCUT2D eigenvalue weighted by molar-refractivity contribution is 5.80. The molecule has 0 spiro atoms. The Balaban J connectivity index is 2.04. The fourth-order valence-electron chi connectivity index (χ4n) is 3.62. The summed E-state index contributed by atoms with van der Waals surface area (Å²) in [6.07, 6.45) is 7.97. The number of carbonyl (C=O) groups is 1. The molecular weight excluding hydrogens is 224 g/mol. The highest BCUT2D eigenvalue weighted by Gasteiger charge is 2.36. The third kappa shape index (κ3) is 2.87. The zero-order chi connectivity index (χ0) is 13.1. The molecule has 1 saturated carbocycles. The van der Waals surface area contributed by atoms with Crippen LogP contribution in [0.3, 0.4) is 0 Å². The van der Waals surface area contributed by atoms with E-state index in [1.54, 1.807) is 0 Å². The third-order valence-corrected chi connectivity index (χ3v) is 4.74. The Bertz CT molecular complexity index is 286. The summed E-state index contributed by atoms with van der Waals surface area (Å²) in [6, 6.07) is 0.543. The molecule has 1 aliphatic heterocycles. The first-order valence-electron chi connectivity index (χ1n) is 7.67. The molecular formula is C15H28N2O. The second-order valence-electron chi connectivity index (χ2n) is 6.39. The lowest BCUT2D eigenvalue weighted by atomic mass is 9.92. The van der Waals surface area contributed by atoms with Crippen LogP contribution in [0.4, 0.5) is 0 Å². The molecule has 0 aromatic heterocycles. The van der Waals surface area contributed by atoms with E-state index in [1.807, 2.05) is 0 Å². The van der Waals surface area contributed by atoms with Gasteiger partial charge in [-0.05, 0) is 31.6 Å². The maximum absolute atomic E-state index is 12.7. The van der Waals surface area contributed by atoms with Gasteiger partial charge in [0, 0.05) is 18.6 Å². The smallest absolute Gasteiger partial charge is 0.227 e. The van der Waals surface area contributed by atoms with E-state index in [0.717, 1.165) is 25.8 Å². The molecule has 1 saturated heterocycles. The molecule has 0 aromatic rings. The second kappa shape index (κ2) is 6.05. The number of nitrogens with zero attached hydrogens (tertiary/aromatic N) is 1. The predicted molar refractivity (Wildman–Crippen MR) is 74.1 cm³/mol. The quantitative estimate of drug-likeness (QED) is 0.768. The Morgan fingerprint density at radius 1 is 1.11 bits per heavy atom. The summed E-state index contributed by atoms with van der Waals surface area (Å²) in [4.78, 5) is 14.9. The zero-order valence-corrected chi connectivity index (χ0v) is 11.9. The van der Waals surface area contributed by atoms with Gasteiger partial charge in [-0.15, -0.1) is 0 Å². The van der Waals surface area contributed by atoms with Crippen LogP contribution in [-0.4, -0.2) is 29.4 Å². The van der Waals surface area contributed by atoms with Crippen molar-refractivity contribution < 1.29 is 4.79 Å². The maximum Gasteiger partial charge on any atom is 0.227 e. The van der Waals surface area contributed by atoms with Gasteiger partial charge in [-0.3, -0.25) is 4.79 Å². The van der Waals surface area contributed by atoms with Crippen LogP contribution in [0.15, 0.2) is 0 Å². The Labute approximate surface area is 111 Å². The zero-order valence-electron chi connectivity index (χ0n) is 11.9. The van der Waals surface area contributed by atoms with Crippen molar-refractivity contribution in [2.24, 2.45) is 17.6 Å². The summed E-state index contributed by atoms with van der Waals surface area (Å²) in [6.45, 7) is 5.40. The molecule has 1 amide bonds. The molecule has 2 rings (SSSR count). The Morgan fingerprint density at radius 2 is 1.83 bits per heavy atom. The van der Waals surface area contributed by atoms with Crippen molar-refractivity contribution in [2.75, 3.05) is 6.54 Å². The Morgan fingerprint density at radius 3 is 2.56 bits per heavy atom. The molecule has 3 nitrogen and oxygen atoms in total. The molecule has 1 aliphatic carbocycles. The minimum Gasteiger partial charge on any atom is -0.339 e.